The van der Waals surface area contributed by atoms with Gasteiger partial charge >= 0.3 is 0 Å². The zero-order valence-corrected chi connectivity index (χ0v) is 8.34. The van der Waals surface area contributed by atoms with Crippen LogP contribution in [0.25, 0.3) is 0 Å². The molecule has 0 aromatic rings. The molecule has 0 heterocycles. The van der Waals surface area contributed by atoms with Crippen LogP contribution in [0.3, 0.4) is 0 Å². The molecule has 0 spiro atoms. The van der Waals surface area contributed by atoms with Crippen LogP contribution in [-0.4, -0.2) is 0 Å². The van der Waals surface area contributed by atoms with Crippen molar-refractivity contribution in [1.82, 2.24) is 0 Å². The van der Waals surface area contributed by atoms with Crippen molar-refractivity contribution in [3.05, 3.63) is 22.7 Å². The van der Waals surface area contributed by atoms with E-state index in [2.05, 4.69) is 20.4 Å². The molecule has 1 saturated carbocycles. The van der Waals surface area contributed by atoms with Crippen LogP contribution < -0.4 is 0 Å². The van der Waals surface area contributed by atoms with E-state index in [-0.39, 0.29) is 0 Å². The predicted molar refractivity (Wildman–Crippen MR) is 50.8 cm³/mol. The van der Waals surface area contributed by atoms with Crippen molar-refractivity contribution in [3.8, 4) is 0 Å². The molecule has 0 aromatic carbocycles. The number of hydrogen-bond donors (Lipinski definition) is 0. The normalized spacial score (nSPS) is 29.3. The average molecular weight is 191 g/mol. The summed E-state index contributed by atoms with van der Waals surface area (Å²) in [5, 5.41) is 1.37. The monoisotopic (exact) mass is 190 g/mol. The predicted octanol–water partition coefficient (Wildman–Crippen LogP) is 3.91. The van der Waals surface area contributed by atoms with E-state index < -0.39 is 0 Å². The van der Waals surface area contributed by atoms with Crippen molar-refractivity contribution in [2.75, 3.05) is 0 Å². The number of allylic oxidation sites excluding steroid dienone is 3. The zero-order chi connectivity index (χ0) is 8.65. The summed E-state index contributed by atoms with van der Waals surface area (Å²) in [6.07, 6.45) is 2.73. The first-order valence-electron chi connectivity index (χ1n) is 3.66. The SMILES string of the molecule is C=C/C(Cl)=C(\Cl)C1CC1(C)C. The van der Waals surface area contributed by atoms with Gasteiger partial charge in [0.2, 0.25) is 0 Å². The highest BCUT2D eigenvalue weighted by atomic mass is 35.5. The molecular formula is C9H12Cl2. The number of hydrogen-bond acceptors (Lipinski definition) is 0. The average Bonchev–Trinajstić information content (AvgIpc) is 2.56. The van der Waals surface area contributed by atoms with Crippen LogP contribution in [0.1, 0.15) is 20.3 Å². The Morgan fingerprint density at radius 1 is 1.55 bits per heavy atom. The molecule has 1 fully saturated rings. The third kappa shape index (κ3) is 1.80. The van der Waals surface area contributed by atoms with E-state index in [9.17, 15) is 0 Å². The summed E-state index contributed by atoms with van der Waals surface area (Å²) in [4.78, 5) is 0. The maximum atomic E-state index is 5.99. The van der Waals surface area contributed by atoms with Gasteiger partial charge in [0.25, 0.3) is 0 Å². The molecule has 0 saturated heterocycles. The summed E-state index contributed by atoms with van der Waals surface area (Å²) in [7, 11) is 0. The second-order valence-corrected chi connectivity index (χ2v) is 4.46. The Morgan fingerprint density at radius 2 is 2.00 bits per heavy atom. The fourth-order valence-electron chi connectivity index (χ4n) is 1.16. The Labute approximate surface area is 77.9 Å². The van der Waals surface area contributed by atoms with E-state index in [4.69, 9.17) is 23.2 Å². The minimum atomic E-state index is 0.347. The first-order chi connectivity index (χ1) is 4.99. The van der Waals surface area contributed by atoms with Crippen molar-refractivity contribution in [2.45, 2.75) is 20.3 Å². The van der Waals surface area contributed by atoms with Crippen LogP contribution in [0.2, 0.25) is 0 Å². The molecule has 0 radical (unpaired) electrons. The minimum Gasteiger partial charge on any atom is -0.0975 e. The lowest BCUT2D eigenvalue weighted by Gasteiger charge is -2.01. The lowest BCUT2D eigenvalue weighted by molar-refractivity contribution is 0.606. The first kappa shape index (κ1) is 9.15. The van der Waals surface area contributed by atoms with Crippen LogP contribution >= 0.6 is 23.2 Å². The van der Waals surface area contributed by atoms with E-state index in [1.165, 1.54) is 0 Å². The second-order valence-electron chi connectivity index (χ2n) is 3.65. The minimum absolute atomic E-state index is 0.347. The van der Waals surface area contributed by atoms with Gasteiger partial charge in [-0.25, -0.2) is 0 Å². The summed E-state index contributed by atoms with van der Waals surface area (Å²) < 4.78 is 0. The quantitative estimate of drug-likeness (QED) is 0.580. The van der Waals surface area contributed by atoms with Gasteiger partial charge in [-0.15, -0.1) is 0 Å². The number of rotatable bonds is 2. The summed E-state index contributed by atoms with van der Waals surface area (Å²) in [6, 6.07) is 0. The molecule has 0 aromatic heterocycles. The first-order valence-corrected chi connectivity index (χ1v) is 4.42. The van der Waals surface area contributed by atoms with Gasteiger partial charge in [0.05, 0.1) is 5.03 Å². The summed E-state index contributed by atoms with van der Waals surface area (Å²) in [5.41, 5.74) is 0.347. The van der Waals surface area contributed by atoms with Crippen LogP contribution in [0, 0.1) is 11.3 Å². The molecule has 0 amide bonds. The molecular weight excluding hydrogens is 179 g/mol. The van der Waals surface area contributed by atoms with Crippen molar-refractivity contribution in [1.29, 1.82) is 0 Å². The van der Waals surface area contributed by atoms with Gasteiger partial charge in [0.1, 0.15) is 0 Å². The molecule has 1 rings (SSSR count). The van der Waals surface area contributed by atoms with Gasteiger partial charge in [-0.05, 0) is 17.9 Å². The lowest BCUT2D eigenvalue weighted by atomic mass is 10.1. The van der Waals surface area contributed by atoms with Crippen molar-refractivity contribution >= 4 is 23.2 Å². The fraction of sp³-hybridized carbons (Fsp3) is 0.556. The van der Waals surface area contributed by atoms with Gasteiger partial charge in [-0.1, -0.05) is 43.6 Å². The molecule has 0 N–H and O–H groups in total. The Hall–Kier alpha value is 0.0600. The second kappa shape index (κ2) is 2.84. The summed E-state index contributed by atoms with van der Waals surface area (Å²) >= 11 is 11.8. The maximum absolute atomic E-state index is 5.99. The largest absolute Gasteiger partial charge is 0.0975 e. The van der Waals surface area contributed by atoms with E-state index in [1.54, 1.807) is 6.08 Å². The fourth-order valence-corrected chi connectivity index (χ4v) is 1.75. The highest BCUT2D eigenvalue weighted by molar-refractivity contribution is 6.40. The Bertz CT molecular complexity index is 214. The van der Waals surface area contributed by atoms with Gasteiger partial charge in [0.15, 0.2) is 0 Å². The third-order valence-corrected chi connectivity index (χ3v) is 3.15. The standard InChI is InChI=1S/C9H12Cl2/c1-4-7(10)8(11)6-5-9(6,2)3/h4,6H,1,5H2,2-3H3/b8-7+. The molecule has 62 valence electrons. The molecule has 2 heteroatoms. The van der Waals surface area contributed by atoms with Gasteiger partial charge in [-0.3, -0.25) is 0 Å². The Balaban J connectivity index is 2.72. The molecule has 0 aliphatic heterocycles. The van der Waals surface area contributed by atoms with E-state index in [0.29, 0.717) is 16.4 Å². The smallest absolute Gasteiger partial charge is 0.0548 e. The molecule has 1 aliphatic carbocycles. The van der Waals surface area contributed by atoms with Crippen LogP contribution in [0.5, 0.6) is 0 Å². The highest BCUT2D eigenvalue weighted by Gasteiger charge is 2.48. The van der Waals surface area contributed by atoms with Crippen molar-refractivity contribution in [3.63, 3.8) is 0 Å². The van der Waals surface area contributed by atoms with E-state index in [0.717, 1.165) is 11.5 Å². The van der Waals surface area contributed by atoms with Gasteiger partial charge in [0, 0.05) is 11.0 Å². The Kier molecular flexibility index (Phi) is 2.36. The summed E-state index contributed by atoms with van der Waals surface area (Å²) in [6.45, 7) is 7.94. The van der Waals surface area contributed by atoms with Crippen LogP contribution in [0.4, 0.5) is 0 Å². The molecule has 1 unspecified atom stereocenters. The molecule has 11 heavy (non-hydrogen) atoms. The summed E-state index contributed by atoms with van der Waals surface area (Å²) in [5.74, 6) is 0.453. The van der Waals surface area contributed by atoms with Crippen LogP contribution in [-0.2, 0) is 0 Å². The highest BCUT2D eigenvalue weighted by Crippen LogP contribution is 2.57. The lowest BCUT2D eigenvalue weighted by Crippen LogP contribution is -1.90. The van der Waals surface area contributed by atoms with Crippen molar-refractivity contribution in [2.24, 2.45) is 11.3 Å². The van der Waals surface area contributed by atoms with Gasteiger partial charge in [-0.2, -0.15) is 0 Å². The van der Waals surface area contributed by atoms with E-state index in [1.807, 2.05) is 0 Å². The zero-order valence-electron chi connectivity index (χ0n) is 6.82. The topological polar surface area (TPSA) is 0 Å². The van der Waals surface area contributed by atoms with Gasteiger partial charge < -0.3 is 0 Å². The maximum Gasteiger partial charge on any atom is 0.0548 e. The van der Waals surface area contributed by atoms with Crippen molar-refractivity contribution < 1.29 is 0 Å². The molecule has 1 aliphatic rings. The van der Waals surface area contributed by atoms with E-state index >= 15 is 0 Å². The molecule has 1 atom stereocenters. The Morgan fingerprint density at radius 3 is 2.27 bits per heavy atom. The number of halogens is 2. The molecule has 0 nitrogen and oxygen atoms in total. The molecule has 0 bridgehead atoms. The van der Waals surface area contributed by atoms with Crippen LogP contribution in [0.15, 0.2) is 22.7 Å². The third-order valence-electron chi connectivity index (χ3n) is 2.23.